The molecule has 8 nitrogen and oxygen atoms in total. The van der Waals surface area contributed by atoms with Crippen molar-refractivity contribution >= 4 is 56.4 Å². The Hall–Kier alpha value is -4.01. The first-order valence-electron chi connectivity index (χ1n) is 13.9. The third kappa shape index (κ3) is 6.08. The van der Waals surface area contributed by atoms with Crippen LogP contribution in [0.25, 0.3) is 50.4 Å². The topological polar surface area (TPSA) is 121 Å². The molecule has 0 aliphatic carbocycles. The van der Waals surface area contributed by atoms with Gasteiger partial charge < -0.3 is 24.9 Å². The largest absolute Gasteiger partial charge is 2.00 e. The summed E-state index contributed by atoms with van der Waals surface area (Å²) in [7, 11) is 0. The Morgan fingerprint density at radius 2 is 1.44 bits per heavy atom. The van der Waals surface area contributed by atoms with Gasteiger partial charge in [0.15, 0.2) is 0 Å². The van der Waals surface area contributed by atoms with Crippen molar-refractivity contribution in [2.75, 3.05) is 13.4 Å². The van der Waals surface area contributed by atoms with Gasteiger partial charge in [-0.25, -0.2) is 9.97 Å². The number of carbonyl (C=O) groups is 1. The van der Waals surface area contributed by atoms with Gasteiger partial charge in [-0.3, -0.25) is 4.79 Å². The van der Waals surface area contributed by atoms with Gasteiger partial charge in [0.2, 0.25) is 0 Å². The second-order valence-electron chi connectivity index (χ2n) is 10.5. The summed E-state index contributed by atoms with van der Waals surface area (Å²) in [6.45, 7) is 16.0. The normalized spacial score (nSPS) is 12.9. The SMILES string of the molecule is C=CC1=C(C)c2cc3[n-]c(cc4nc(cc5[n-]c(cc1n2)c(C)c5C=C)C(C)=C4CCC(=O)O)c(CCOCO)c3C.[Fe+2]. The van der Waals surface area contributed by atoms with E-state index >= 15 is 0 Å². The summed E-state index contributed by atoms with van der Waals surface area (Å²) in [6, 6.07) is 7.82. The molecule has 2 N–H and O–H groups in total. The number of nitrogens with zero attached hydrogens (tertiary/aromatic N) is 4. The van der Waals surface area contributed by atoms with Crippen LogP contribution in [0.5, 0.6) is 0 Å². The van der Waals surface area contributed by atoms with Crippen LogP contribution in [0.4, 0.5) is 0 Å². The Labute approximate surface area is 261 Å². The maximum atomic E-state index is 11.5. The number of carboxylic acid groups (broad SMARTS) is 1. The number of aliphatic hydroxyl groups excluding tert-OH is 1. The molecule has 0 saturated heterocycles. The molecule has 8 bridgehead atoms. The first-order valence-corrected chi connectivity index (χ1v) is 13.9. The molecule has 0 radical (unpaired) electrons. The molecular formula is C34H34FeN4O4. The van der Waals surface area contributed by atoms with Gasteiger partial charge in [0.05, 0.1) is 29.4 Å². The minimum Gasteiger partial charge on any atom is -0.657 e. The maximum absolute atomic E-state index is 11.5. The molecule has 0 atom stereocenters. The van der Waals surface area contributed by atoms with Gasteiger partial charge in [-0.2, -0.15) is 0 Å². The molecule has 3 aromatic rings. The first kappa shape index (κ1) is 31.9. The molecule has 0 saturated carbocycles. The summed E-state index contributed by atoms with van der Waals surface area (Å²) in [6.07, 6.45) is 4.47. The minimum atomic E-state index is -0.871. The maximum Gasteiger partial charge on any atom is 2.00 e. The van der Waals surface area contributed by atoms with Crippen LogP contribution in [-0.4, -0.2) is 39.6 Å². The van der Waals surface area contributed by atoms with Crippen molar-refractivity contribution in [1.82, 2.24) is 19.9 Å². The standard InChI is InChI=1S/C34H35N4O4.Fe/c1-7-22-18(3)26-13-27-21(6)25(11-12-42-17-39)33(37-27)16-32-24(9-10-34(40)41)20(5)29(38-32)15-31-23(8-2)19(4)28(36-31)14-30(22)35-26;/h7-8,13-16,39H,1-2,9-12,17H2,3-6H3,(H2-,35,36,37,38,40,41);/q-1;+2/p-1. The third-order valence-corrected chi connectivity index (χ3v) is 8.06. The zero-order valence-corrected chi connectivity index (χ0v) is 25.9. The molecule has 0 spiro atoms. The first-order chi connectivity index (χ1) is 20.2. The van der Waals surface area contributed by atoms with E-state index in [2.05, 4.69) is 13.2 Å². The number of hydrogen-bond acceptors (Lipinski definition) is 5. The number of aliphatic hydroxyl groups is 1. The number of aryl methyl sites for hydroxylation is 2. The van der Waals surface area contributed by atoms with Gasteiger partial charge in [0.25, 0.3) is 0 Å². The van der Waals surface area contributed by atoms with E-state index in [1.165, 1.54) is 0 Å². The molecule has 0 amide bonds. The zero-order chi connectivity index (χ0) is 30.1. The molecule has 43 heavy (non-hydrogen) atoms. The van der Waals surface area contributed by atoms with Crippen LogP contribution >= 0.6 is 0 Å². The Balaban J connectivity index is 0.00000423. The number of aliphatic carboxylic acids is 1. The number of fused-ring (bicyclic) bond motifs is 8. The van der Waals surface area contributed by atoms with Gasteiger partial charge in [0, 0.05) is 12.0 Å². The fourth-order valence-electron chi connectivity index (χ4n) is 5.62. The predicted octanol–water partition coefficient (Wildman–Crippen LogP) is 6.25. The number of allylic oxidation sites excluding steroid dienone is 5. The van der Waals surface area contributed by atoms with Crippen molar-refractivity contribution < 1.29 is 36.8 Å². The average Bonchev–Trinajstić information content (AvgIpc) is 3.61. The van der Waals surface area contributed by atoms with E-state index in [1.807, 2.05) is 58.0 Å². The fraction of sp³-hybridized carbons (Fsp3) is 0.265. The minimum absolute atomic E-state index is 0. The summed E-state index contributed by atoms with van der Waals surface area (Å²) >= 11 is 0. The van der Waals surface area contributed by atoms with Crippen LogP contribution in [0.15, 0.2) is 43.5 Å². The van der Waals surface area contributed by atoms with Crippen LogP contribution in [0, 0.1) is 13.8 Å². The molecule has 9 heteroatoms. The molecule has 5 heterocycles. The second kappa shape index (κ2) is 13.1. The number of rotatable bonds is 9. The van der Waals surface area contributed by atoms with E-state index in [0.717, 1.165) is 83.7 Å². The van der Waals surface area contributed by atoms with Gasteiger partial charge >= 0.3 is 23.0 Å². The van der Waals surface area contributed by atoms with Crippen molar-refractivity contribution in [1.29, 1.82) is 0 Å². The Morgan fingerprint density at radius 1 is 0.837 bits per heavy atom. The monoisotopic (exact) mass is 618 g/mol. The van der Waals surface area contributed by atoms with E-state index in [4.69, 9.17) is 24.7 Å². The Bertz CT molecular complexity index is 1860. The fourth-order valence-corrected chi connectivity index (χ4v) is 5.62. The molecule has 2 aliphatic rings. The van der Waals surface area contributed by atoms with E-state index in [0.29, 0.717) is 25.1 Å². The van der Waals surface area contributed by atoms with E-state index in [1.54, 1.807) is 6.08 Å². The van der Waals surface area contributed by atoms with E-state index in [-0.39, 0.29) is 30.3 Å². The molecule has 0 aromatic carbocycles. The van der Waals surface area contributed by atoms with E-state index in [9.17, 15) is 15.0 Å². The molecule has 5 rings (SSSR count). The summed E-state index contributed by atoms with van der Waals surface area (Å²) in [5.74, 6) is -0.871. The number of carboxylic acids is 1. The third-order valence-electron chi connectivity index (χ3n) is 8.06. The van der Waals surface area contributed by atoms with E-state index < -0.39 is 5.97 Å². The Kier molecular flexibility index (Phi) is 9.72. The van der Waals surface area contributed by atoms with Crippen LogP contribution in [-0.2, 0) is 33.0 Å². The molecule has 2 aliphatic heterocycles. The second-order valence-corrected chi connectivity index (χ2v) is 10.5. The molecule has 222 valence electrons. The number of ether oxygens (including phenoxy) is 1. The summed E-state index contributed by atoms with van der Waals surface area (Å²) in [4.78, 5) is 31.4. The predicted molar refractivity (Wildman–Crippen MR) is 167 cm³/mol. The summed E-state index contributed by atoms with van der Waals surface area (Å²) in [5, 5.41) is 18.7. The van der Waals surface area contributed by atoms with Crippen molar-refractivity contribution in [3.05, 3.63) is 88.5 Å². The van der Waals surface area contributed by atoms with Crippen molar-refractivity contribution in [2.45, 2.75) is 47.0 Å². The van der Waals surface area contributed by atoms with Crippen LogP contribution in [0.3, 0.4) is 0 Å². The van der Waals surface area contributed by atoms with Crippen LogP contribution in [0.1, 0.15) is 71.7 Å². The van der Waals surface area contributed by atoms with Crippen molar-refractivity contribution in [2.24, 2.45) is 0 Å². The van der Waals surface area contributed by atoms with Gasteiger partial charge in [-0.15, -0.1) is 22.1 Å². The zero-order valence-electron chi connectivity index (χ0n) is 24.8. The van der Waals surface area contributed by atoms with Crippen LogP contribution in [0.2, 0.25) is 0 Å². The van der Waals surface area contributed by atoms with Gasteiger partial charge in [-0.05, 0) is 62.8 Å². The molecule has 3 aromatic heterocycles. The summed E-state index contributed by atoms with van der Waals surface area (Å²) < 4.78 is 5.26. The molecule has 0 unspecified atom stereocenters. The van der Waals surface area contributed by atoms with Gasteiger partial charge in [0.1, 0.15) is 6.79 Å². The molecular weight excluding hydrogens is 584 g/mol. The average molecular weight is 619 g/mol. The molecule has 0 fully saturated rings. The van der Waals surface area contributed by atoms with Crippen molar-refractivity contribution in [3.63, 3.8) is 0 Å². The Morgan fingerprint density at radius 3 is 2.12 bits per heavy atom. The number of hydrogen-bond donors (Lipinski definition) is 2. The number of aromatic nitrogens is 4. The van der Waals surface area contributed by atoms with Crippen molar-refractivity contribution in [3.8, 4) is 0 Å². The smallest absolute Gasteiger partial charge is 0.657 e. The summed E-state index contributed by atoms with van der Waals surface area (Å²) in [5.41, 5.74) is 13.5. The quantitative estimate of drug-likeness (QED) is 0.164. The van der Waals surface area contributed by atoms with Crippen LogP contribution < -0.4 is 9.97 Å². The van der Waals surface area contributed by atoms with Gasteiger partial charge in [-0.1, -0.05) is 66.3 Å².